The second kappa shape index (κ2) is 13.8. The van der Waals surface area contributed by atoms with Gasteiger partial charge in [0.25, 0.3) is 0 Å². The molecule has 0 bridgehead atoms. The molecule has 0 aromatic heterocycles. The summed E-state index contributed by atoms with van der Waals surface area (Å²) in [5.41, 5.74) is 2.22. The van der Waals surface area contributed by atoms with E-state index < -0.39 is 29.3 Å². The van der Waals surface area contributed by atoms with Gasteiger partial charge in [-0.15, -0.1) is 0 Å². The number of hydrogen-bond donors (Lipinski definition) is 2. The quantitative estimate of drug-likeness (QED) is 0.329. The molecule has 2 rings (SSSR count). The molecule has 3 atom stereocenters. The van der Waals surface area contributed by atoms with Crippen LogP contribution in [0.4, 0.5) is 4.79 Å². The van der Waals surface area contributed by atoms with Gasteiger partial charge in [-0.05, 0) is 77.5 Å². The first-order valence-corrected chi connectivity index (χ1v) is 14.3. The van der Waals surface area contributed by atoms with Gasteiger partial charge in [-0.3, -0.25) is 9.59 Å². The maximum absolute atomic E-state index is 14.6. The van der Waals surface area contributed by atoms with Crippen molar-refractivity contribution in [1.29, 1.82) is 0 Å². The lowest BCUT2D eigenvalue weighted by molar-refractivity contribution is -0.150. The van der Waals surface area contributed by atoms with Gasteiger partial charge >= 0.3 is 6.09 Å². The Morgan fingerprint density at radius 3 is 2.12 bits per heavy atom. The van der Waals surface area contributed by atoms with Crippen LogP contribution in [-0.4, -0.2) is 40.0 Å². The van der Waals surface area contributed by atoms with E-state index in [9.17, 15) is 14.4 Å². The number of amides is 3. The van der Waals surface area contributed by atoms with Crippen molar-refractivity contribution >= 4 is 17.9 Å². The lowest BCUT2D eigenvalue weighted by Crippen LogP contribution is -2.60. The van der Waals surface area contributed by atoms with Gasteiger partial charge in [-0.2, -0.15) is 0 Å². The molecule has 40 heavy (non-hydrogen) atoms. The van der Waals surface area contributed by atoms with E-state index in [1.54, 1.807) is 25.7 Å². The Hall–Kier alpha value is -3.35. The highest BCUT2D eigenvalue weighted by Crippen LogP contribution is 2.35. The molecule has 0 saturated carbocycles. The molecule has 7 nitrogen and oxygen atoms in total. The third-order valence-electron chi connectivity index (χ3n) is 7.45. The topological polar surface area (TPSA) is 87.7 Å². The van der Waals surface area contributed by atoms with Crippen molar-refractivity contribution in [2.75, 3.05) is 0 Å². The van der Waals surface area contributed by atoms with Crippen molar-refractivity contribution in [2.24, 2.45) is 5.92 Å². The standard InChI is InChI=1S/C33H49N3O4/c1-11-23(4)27(35-31(39)40-32(6,7)8)30(38)36(33(9,10)12-2)28(26-20-22(3)18-19-24(26)5)29(37)34-21-25-16-14-13-15-17-25/h13-20,23,27-28H,11-12,21H2,1-10H3,(H,34,37)(H,35,39). The number of rotatable bonds is 11. The van der Waals surface area contributed by atoms with Gasteiger partial charge in [0.05, 0.1) is 0 Å². The summed E-state index contributed by atoms with van der Waals surface area (Å²) in [6.45, 7) is 19.5. The van der Waals surface area contributed by atoms with Crippen molar-refractivity contribution in [1.82, 2.24) is 15.5 Å². The van der Waals surface area contributed by atoms with Crippen LogP contribution in [0.3, 0.4) is 0 Å². The molecular weight excluding hydrogens is 502 g/mol. The molecule has 7 heteroatoms. The third-order valence-corrected chi connectivity index (χ3v) is 7.45. The van der Waals surface area contributed by atoms with Crippen LogP contribution in [0, 0.1) is 19.8 Å². The first-order chi connectivity index (χ1) is 18.6. The average Bonchev–Trinajstić information content (AvgIpc) is 2.89. The van der Waals surface area contributed by atoms with Crippen LogP contribution in [0.1, 0.15) is 96.5 Å². The molecule has 0 spiro atoms. The van der Waals surface area contributed by atoms with E-state index >= 15 is 0 Å². The van der Waals surface area contributed by atoms with Gasteiger partial charge in [-0.1, -0.05) is 81.3 Å². The first kappa shape index (κ1) is 32.9. The molecule has 0 aliphatic rings. The molecule has 3 amide bonds. The minimum atomic E-state index is -0.905. The highest BCUT2D eigenvalue weighted by Gasteiger charge is 2.44. The van der Waals surface area contributed by atoms with Gasteiger partial charge in [0.1, 0.15) is 17.7 Å². The van der Waals surface area contributed by atoms with Gasteiger partial charge < -0.3 is 20.3 Å². The summed E-state index contributed by atoms with van der Waals surface area (Å²) in [6.07, 6.45) is 0.601. The van der Waals surface area contributed by atoms with E-state index in [-0.39, 0.29) is 17.7 Å². The molecule has 2 aromatic carbocycles. The van der Waals surface area contributed by atoms with Crippen molar-refractivity contribution < 1.29 is 19.1 Å². The Morgan fingerprint density at radius 2 is 1.57 bits per heavy atom. The minimum absolute atomic E-state index is 0.193. The highest BCUT2D eigenvalue weighted by atomic mass is 16.6. The summed E-state index contributed by atoms with van der Waals surface area (Å²) >= 11 is 0. The fourth-order valence-electron chi connectivity index (χ4n) is 4.55. The molecule has 2 aromatic rings. The van der Waals surface area contributed by atoms with Crippen LogP contribution < -0.4 is 10.6 Å². The second-order valence-electron chi connectivity index (χ2n) is 12.3. The Kier molecular flexibility index (Phi) is 11.4. The highest BCUT2D eigenvalue weighted by molar-refractivity contribution is 5.93. The second-order valence-corrected chi connectivity index (χ2v) is 12.3. The molecule has 3 unspecified atom stereocenters. The fraction of sp³-hybridized carbons (Fsp3) is 0.545. The summed E-state index contributed by atoms with van der Waals surface area (Å²) < 4.78 is 5.52. The summed E-state index contributed by atoms with van der Waals surface area (Å²) in [7, 11) is 0. The Bertz CT molecular complexity index is 1150. The molecule has 0 heterocycles. The number of aryl methyl sites for hydroxylation is 2. The smallest absolute Gasteiger partial charge is 0.408 e. The molecule has 0 aliphatic heterocycles. The number of carbonyl (C=O) groups is 3. The summed E-state index contributed by atoms with van der Waals surface area (Å²) in [5, 5.41) is 5.93. The lowest BCUT2D eigenvalue weighted by atomic mass is 9.88. The number of nitrogens with zero attached hydrogens (tertiary/aromatic N) is 1. The zero-order valence-electron chi connectivity index (χ0n) is 26.1. The molecule has 0 aliphatic carbocycles. The van der Waals surface area contributed by atoms with Gasteiger partial charge in [0.2, 0.25) is 11.8 Å². The molecule has 2 N–H and O–H groups in total. The predicted molar refractivity (Wildman–Crippen MR) is 161 cm³/mol. The maximum Gasteiger partial charge on any atom is 0.408 e. The zero-order chi connectivity index (χ0) is 30.3. The van der Waals surface area contributed by atoms with Crippen molar-refractivity contribution in [3.8, 4) is 0 Å². The Morgan fingerprint density at radius 1 is 0.950 bits per heavy atom. The van der Waals surface area contributed by atoms with E-state index in [1.165, 1.54) is 0 Å². The first-order valence-electron chi connectivity index (χ1n) is 14.3. The van der Waals surface area contributed by atoms with Crippen molar-refractivity contribution in [2.45, 2.75) is 112 Å². The summed E-state index contributed by atoms with van der Waals surface area (Å²) in [5.74, 6) is -0.776. The number of nitrogens with one attached hydrogen (secondary N) is 2. The summed E-state index contributed by atoms with van der Waals surface area (Å²) in [4.78, 5) is 43.3. The zero-order valence-corrected chi connectivity index (χ0v) is 26.1. The SMILES string of the molecule is CCC(C)C(NC(=O)OC(C)(C)C)C(=O)N(C(C(=O)NCc1ccccc1)c1cc(C)ccc1C)C(C)(C)CC. The Labute approximate surface area is 241 Å². The van der Waals surface area contributed by atoms with Crippen LogP contribution in [-0.2, 0) is 20.9 Å². The fourth-order valence-corrected chi connectivity index (χ4v) is 4.55. The molecular formula is C33H49N3O4. The number of hydrogen-bond acceptors (Lipinski definition) is 4. The van der Waals surface area contributed by atoms with Gasteiger partial charge in [0, 0.05) is 12.1 Å². The largest absolute Gasteiger partial charge is 0.444 e. The number of benzene rings is 2. The van der Waals surface area contributed by atoms with Crippen LogP contribution in [0.2, 0.25) is 0 Å². The minimum Gasteiger partial charge on any atom is -0.444 e. The van der Waals surface area contributed by atoms with Gasteiger partial charge in [0.15, 0.2) is 0 Å². The van der Waals surface area contributed by atoms with Crippen LogP contribution in [0.25, 0.3) is 0 Å². The molecule has 0 radical (unpaired) electrons. The third kappa shape index (κ3) is 8.83. The van der Waals surface area contributed by atoms with Crippen LogP contribution >= 0.6 is 0 Å². The summed E-state index contributed by atoms with van der Waals surface area (Å²) in [6, 6.07) is 13.9. The molecule has 0 saturated heterocycles. The maximum atomic E-state index is 14.6. The molecule has 220 valence electrons. The molecule has 0 fully saturated rings. The normalized spacial score (nSPS) is 14.1. The van der Waals surface area contributed by atoms with E-state index in [0.29, 0.717) is 19.4 Å². The van der Waals surface area contributed by atoms with E-state index in [1.807, 2.05) is 97.0 Å². The number of ether oxygens (including phenoxy) is 1. The number of alkyl carbamates (subject to hydrolysis) is 1. The number of carbonyl (C=O) groups excluding carboxylic acids is 3. The Balaban J connectivity index is 2.65. The van der Waals surface area contributed by atoms with E-state index in [0.717, 1.165) is 22.3 Å². The van der Waals surface area contributed by atoms with Crippen molar-refractivity contribution in [3.63, 3.8) is 0 Å². The average molecular weight is 552 g/mol. The van der Waals surface area contributed by atoms with E-state index in [2.05, 4.69) is 10.6 Å². The van der Waals surface area contributed by atoms with Crippen LogP contribution in [0.15, 0.2) is 48.5 Å². The lowest BCUT2D eigenvalue weighted by Gasteiger charge is -2.45. The van der Waals surface area contributed by atoms with Gasteiger partial charge in [-0.25, -0.2) is 4.79 Å². The monoisotopic (exact) mass is 551 g/mol. The van der Waals surface area contributed by atoms with E-state index in [4.69, 9.17) is 4.74 Å². The van der Waals surface area contributed by atoms with Crippen LogP contribution in [0.5, 0.6) is 0 Å². The predicted octanol–water partition coefficient (Wildman–Crippen LogP) is 6.62. The van der Waals surface area contributed by atoms with Crippen molar-refractivity contribution in [3.05, 3.63) is 70.8 Å².